The fraction of sp³-hybridized carbons (Fsp3) is 0.364. The van der Waals surface area contributed by atoms with E-state index in [9.17, 15) is 31.1 Å². The van der Waals surface area contributed by atoms with Gasteiger partial charge in [0.15, 0.2) is 5.82 Å². The minimum atomic E-state index is -4.53. The highest BCUT2D eigenvalue weighted by Gasteiger charge is 2.37. The summed E-state index contributed by atoms with van der Waals surface area (Å²) in [4.78, 5) is 12.8. The Bertz CT molecular complexity index is 1160. The molecule has 0 saturated heterocycles. The Balaban J connectivity index is 2.12. The summed E-state index contributed by atoms with van der Waals surface area (Å²) in [7, 11) is 0. The predicted octanol–water partition coefficient (Wildman–Crippen LogP) is 5.19. The minimum Gasteiger partial charge on any atom is -0.339 e. The summed E-state index contributed by atoms with van der Waals surface area (Å²) in [5, 5.41) is 13.5. The Morgan fingerprint density at radius 2 is 1.71 bits per heavy atom. The second-order valence-corrected chi connectivity index (χ2v) is 8.25. The number of nitrogens with one attached hydrogen (secondary N) is 1. The third-order valence-electron chi connectivity index (χ3n) is 5.14. The number of halogens is 6. The van der Waals surface area contributed by atoms with Gasteiger partial charge in [0.2, 0.25) is 0 Å². The van der Waals surface area contributed by atoms with E-state index in [2.05, 4.69) is 15.5 Å². The van der Waals surface area contributed by atoms with Crippen LogP contribution in [0.25, 0.3) is 16.8 Å². The van der Waals surface area contributed by atoms with Gasteiger partial charge >= 0.3 is 6.18 Å². The lowest BCUT2D eigenvalue weighted by molar-refractivity contribution is -0.137. The van der Waals surface area contributed by atoms with Crippen LogP contribution in [0.5, 0.6) is 0 Å². The Morgan fingerprint density at radius 1 is 1.06 bits per heavy atom. The van der Waals surface area contributed by atoms with Crippen molar-refractivity contribution in [2.24, 2.45) is 0 Å². The van der Waals surface area contributed by atoms with Crippen molar-refractivity contribution in [3.8, 4) is 16.8 Å². The number of hydrogen-bond donors (Lipinski definition) is 1. The zero-order valence-corrected chi connectivity index (χ0v) is 18.4. The highest BCUT2D eigenvalue weighted by atomic mass is 19.4. The van der Waals surface area contributed by atoms with Gasteiger partial charge in [0, 0.05) is 11.5 Å². The first-order valence-electron chi connectivity index (χ1n) is 10.1. The summed E-state index contributed by atoms with van der Waals surface area (Å²) in [6.45, 7) is 3.01. The van der Waals surface area contributed by atoms with E-state index in [0.717, 1.165) is 19.1 Å². The number of carbonyl (C=O) groups is 1. The average Bonchev–Trinajstić information content (AvgIpc) is 3.28. The molecule has 182 valence electrons. The number of amides is 1. The van der Waals surface area contributed by atoms with Crippen LogP contribution in [0.3, 0.4) is 0 Å². The van der Waals surface area contributed by atoms with Crippen molar-refractivity contribution in [2.75, 3.05) is 6.67 Å². The van der Waals surface area contributed by atoms with Crippen LogP contribution in [0.4, 0.5) is 26.3 Å². The first kappa shape index (κ1) is 25.2. The first-order chi connectivity index (χ1) is 15.9. The summed E-state index contributed by atoms with van der Waals surface area (Å²) in [6.07, 6.45) is -7.71. The van der Waals surface area contributed by atoms with Crippen LogP contribution in [0, 0.1) is 0 Å². The quantitative estimate of drug-likeness (QED) is 0.468. The monoisotopic (exact) mass is 485 g/mol. The maximum atomic E-state index is 13.3. The van der Waals surface area contributed by atoms with Crippen molar-refractivity contribution in [3.63, 3.8) is 0 Å². The molecule has 1 heterocycles. The van der Waals surface area contributed by atoms with Gasteiger partial charge in [-0.25, -0.2) is 13.2 Å². The topological polar surface area (TPSA) is 72.7 Å². The van der Waals surface area contributed by atoms with Crippen molar-refractivity contribution in [1.82, 2.24) is 25.5 Å². The number of carbonyl (C=O) groups excluding carboxylic acids is 1. The molecule has 1 N–H and O–H groups in total. The van der Waals surface area contributed by atoms with Crippen molar-refractivity contribution < 1.29 is 31.1 Å². The Kier molecular flexibility index (Phi) is 6.99. The van der Waals surface area contributed by atoms with E-state index in [1.807, 2.05) is 19.2 Å². The molecule has 3 rings (SSSR count). The van der Waals surface area contributed by atoms with E-state index in [-0.39, 0.29) is 17.2 Å². The fourth-order valence-corrected chi connectivity index (χ4v) is 3.10. The summed E-state index contributed by atoms with van der Waals surface area (Å²) in [5.41, 5.74) is -2.50. The predicted molar refractivity (Wildman–Crippen MR) is 112 cm³/mol. The van der Waals surface area contributed by atoms with Gasteiger partial charge in [-0.3, -0.25) is 4.79 Å². The second-order valence-electron chi connectivity index (χ2n) is 8.25. The van der Waals surface area contributed by atoms with E-state index in [1.54, 1.807) is 6.07 Å². The lowest BCUT2D eigenvalue weighted by Gasteiger charge is -2.26. The second kappa shape index (κ2) is 9.43. The normalized spacial score (nSPS) is 13.9. The number of benzene rings is 2. The molecule has 0 bridgehead atoms. The molecular formula is C22H21F6N5O. The van der Waals surface area contributed by atoms with E-state index in [0.29, 0.717) is 17.0 Å². The molecule has 0 saturated carbocycles. The molecule has 12 heteroatoms. The number of nitrogens with zero attached hydrogens (tertiary/aromatic N) is 4. The smallest absolute Gasteiger partial charge is 0.339 e. The third kappa shape index (κ3) is 5.20. The van der Waals surface area contributed by atoms with Crippen LogP contribution in [0.1, 0.15) is 48.4 Å². The summed E-state index contributed by atoms with van der Waals surface area (Å²) < 4.78 is 80.1. The molecule has 34 heavy (non-hydrogen) atoms. The molecule has 1 aromatic heterocycles. The van der Waals surface area contributed by atoms with Gasteiger partial charge in [-0.2, -0.15) is 17.9 Å². The largest absolute Gasteiger partial charge is 0.416 e. The highest BCUT2D eigenvalue weighted by molar-refractivity contribution is 5.96. The van der Waals surface area contributed by atoms with Crippen molar-refractivity contribution in [3.05, 3.63) is 59.4 Å². The van der Waals surface area contributed by atoms with Crippen LogP contribution in [0.2, 0.25) is 0 Å². The number of alkyl halides is 6. The van der Waals surface area contributed by atoms with Gasteiger partial charge in [-0.05, 0) is 58.8 Å². The highest BCUT2D eigenvalue weighted by Crippen LogP contribution is 2.32. The van der Waals surface area contributed by atoms with Gasteiger partial charge in [0.25, 0.3) is 12.3 Å². The lowest BCUT2D eigenvalue weighted by Crippen LogP contribution is -2.53. The number of aromatic nitrogens is 4. The van der Waals surface area contributed by atoms with Crippen LogP contribution in [-0.2, 0) is 6.18 Å². The molecule has 0 radical (unpaired) electrons. The number of rotatable bonds is 7. The molecule has 0 fully saturated rings. The molecule has 6 nitrogen and oxygen atoms in total. The zero-order valence-electron chi connectivity index (χ0n) is 18.4. The minimum absolute atomic E-state index is 0.127. The maximum absolute atomic E-state index is 13.3. The standard InChI is InChI=1S/C22H21F6N5O/c1-12(2)18-30-31-32-33(18)17-9-14(13-4-6-16(7-5-13)22(26,27)28)8-15(10-17)19(34)29-21(3,11-23)20(24)25/h4-10,12,20H,11H2,1-3H3,(H,29,34). The molecule has 0 aliphatic carbocycles. The maximum Gasteiger partial charge on any atom is 0.416 e. The van der Waals surface area contributed by atoms with E-state index < -0.39 is 36.3 Å². The van der Waals surface area contributed by atoms with Gasteiger partial charge in [-0.15, -0.1) is 5.10 Å². The summed E-state index contributed by atoms with van der Waals surface area (Å²) >= 11 is 0. The SMILES string of the molecule is CC(C)c1nnnn1-c1cc(C(=O)NC(C)(CF)C(F)F)cc(-c2ccc(C(F)(F)F)cc2)c1. The molecule has 2 aromatic carbocycles. The van der Waals surface area contributed by atoms with Gasteiger partial charge in [-0.1, -0.05) is 26.0 Å². The van der Waals surface area contributed by atoms with Crippen LogP contribution in [-0.4, -0.2) is 44.8 Å². The Hall–Kier alpha value is -3.44. The summed E-state index contributed by atoms with van der Waals surface area (Å²) in [6, 6.07) is 8.39. The van der Waals surface area contributed by atoms with Crippen LogP contribution >= 0.6 is 0 Å². The molecule has 0 aliphatic heterocycles. The van der Waals surface area contributed by atoms with E-state index in [1.165, 1.54) is 28.9 Å². The van der Waals surface area contributed by atoms with Crippen molar-refractivity contribution >= 4 is 5.91 Å². The summed E-state index contributed by atoms with van der Waals surface area (Å²) in [5.74, 6) is -0.692. The Labute approximate surface area is 191 Å². The zero-order chi connectivity index (χ0) is 25.3. The van der Waals surface area contributed by atoms with E-state index >= 15 is 0 Å². The molecule has 0 aliphatic rings. The molecule has 1 amide bonds. The van der Waals surface area contributed by atoms with Crippen molar-refractivity contribution in [2.45, 2.75) is 44.8 Å². The molecule has 0 spiro atoms. The van der Waals surface area contributed by atoms with Gasteiger partial charge < -0.3 is 5.32 Å². The van der Waals surface area contributed by atoms with Crippen LogP contribution < -0.4 is 5.32 Å². The van der Waals surface area contributed by atoms with Gasteiger partial charge in [0.05, 0.1) is 11.3 Å². The molecule has 1 atom stereocenters. The molecule has 1 unspecified atom stereocenters. The number of hydrogen-bond acceptors (Lipinski definition) is 4. The fourth-order valence-electron chi connectivity index (χ4n) is 3.10. The Morgan fingerprint density at radius 3 is 2.24 bits per heavy atom. The van der Waals surface area contributed by atoms with Crippen molar-refractivity contribution in [1.29, 1.82) is 0 Å². The number of tetrazole rings is 1. The molecule has 3 aromatic rings. The molecular weight excluding hydrogens is 464 g/mol. The first-order valence-corrected chi connectivity index (χ1v) is 10.1. The third-order valence-corrected chi connectivity index (χ3v) is 5.14. The lowest BCUT2D eigenvalue weighted by atomic mass is 9.99. The van der Waals surface area contributed by atoms with E-state index in [4.69, 9.17) is 0 Å². The van der Waals surface area contributed by atoms with Crippen LogP contribution in [0.15, 0.2) is 42.5 Å². The average molecular weight is 485 g/mol. The van der Waals surface area contributed by atoms with Gasteiger partial charge in [0.1, 0.15) is 12.2 Å².